The van der Waals surface area contributed by atoms with Crippen LogP contribution in [0.25, 0.3) is 6.08 Å². The molecule has 0 radical (unpaired) electrons. The molecule has 1 aliphatic rings. The number of allylic oxidation sites excluding steroid dienone is 6. The maximum absolute atomic E-state index is 10.8. The van der Waals surface area contributed by atoms with Crippen LogP contribution in [0.15, 0.2) is 53.8 Å². The quantitative estimate of drug-likeness (QED) is 0.408. The Hall–Kier alpha value is -2.95. The molecule has 0 aromatic heterocycles. The fourth-order valence-electron chi connectivity index (χ4n) is 2.92. The standard InChI is InChI=1S/C23H28NO4/c1-22(2,3)18-13-15(14-19(21(18)26)23(4,5)6)7-12-20(25)16-8-10-17(11-9-16)24(27)28/h7-14H,1-6H3,(H2-,25,26,27,28)/q-1/b12-7+. The van der Waals surface area contributed by atoms with E-state index in [0.29, 0.717) is 11.3 Å². The Morgan fingerprint density at radius 3 is 1.75 bits per heavy atom. The topological polar surface area (TPSA) is 89.6 Å². The van der Waals surface area contributed by atoms with Crippen molar-refractivity contribution in [1.82, 2.24) is 0 Å². The zero-order chi connectivity index (χ0) is 21.3. The van der Waals surface area contributed by atoms with Crippen molar-refractivity contribution in [3.05, 3.63) is 80.9 Å². The lowest BCUT2D eigenvalue weighted by Gasteiger charge is -2.27. The number of phenols is 1. The summed E-state index contributed by atoms with van der Waals surface area (Å²) in [6, 6.07) is 3.84. The average Bonchev–Trinajstić information content (AvgIpc) is 2.58. The van der Waals surface area contributed by atoms with E-state index in [9.17, 15) is 20.6 Å². The van der Waals surface area contributed by atoms with Crippen LogP contribution >= 0.6 is 0 Å². The largest absolute Gasteiger partial charge is 0.612 e. The number of aliphatic hydroxyl groups is 1. The first kappa shape index (κ1) is 21.4. The summed E-state index contributed by atoms with van der Waals surface area (Å²) in [6.45, 7) is 12.3. The summed E-state index contributed by atoms with van der Waals surface area (Å²) in [4.78, 5) is -0.477. The number of aliphatic hydroxyl groups excluding tert-OH is 1. The van der Waals surface area contributed by atoms with E-state index in [4.69, 9.17) is 0 Å². The second-order valence-electron chi connectivity index (χ2n) is 8.99. The van der Waals surface area contributed by atoms with Gasteiger partial charge in [0.25, 0.3) is 0 Å². The Morgan fingerprint density at radius 2 is 1.36 bits per heavy atom. The molecule has 150 valence electrons. The van der Waals surface area contributed by atoms with Crippen LogP contribution < -0.4 is 0 Å². The van der Waals surface area contributed by atoms with Gasteiger partial charge < -0.3 is 20.6 Å². The molecular formula is C23H28NO4-. The van der Waals surface area contributed by atoms with Gasteiger partial charge in [-0.25, -0.2) is 0 Å². The van der Waals surface area contributed by atoms with Gasteiger partial charge in [0.05, 0.1) is 0 Å². The van der Waals surface area contributed by atoms with Crippen molar-refractivity contribution in [2.24, 2.45) is 0 Å². The third-order valence-electron chi connectivity index (χ3n) is 4.56. The number of aromatic hydroxyl groups is 1. The van der Waals surface area contributed by atoms with Gasteiger partial charge in [-0.15, -0.1) is 0 Å². The Bertz CT molecular complexity index is 860. The molecule has 5 nitrogen and oxygen atoms in total. The van der Waals surface area contributed by atoms with Gasteiger partial charge in [-0.1, -0.05) is 47.6 Å². The molecule has 1 aliphatic carbocycles. The molecule has 0 unspecified atom stereocenters. The van der Waals surface area contributed by atoms with Crippen LogP contribution in [0.2, 0.25) is 0 Å². The predicted octanol–water partition coefficient (Wildman–Crippen LogP) is 5.39. The second-order valence-corrected chi connectivity index (χ2v) is 8.99. The highest BCUT2D eigenvalue weighted by molar-refractivity contribution is 6.02. The van der Waals surface area contributed by atoms with Crippen LogP contribution in [0.3, 0.4) is 0 Å². The van der Waals surface area contributed by atoms with Gasteiger partial charge in [0.15, 0.2) is 0 Å². The van der Waals surface area contributed by atoms with Crippen LogP contribution in [-0.2, 0) is 10.8 Å². The fraction of sp³-hybridized carbons (Fsp3) is 0.348. The van der Waals surface area contributed by atoms with Crippen molar-refractivity contribution in [3.8, 4) is 5.75 Å². The number of benzene rings is 1. The zero-order valence-electron chi connectivity index (χ0n) is 17.3. The summed E-state index contributed by atoms with van der Waals surface area (Å²) in [7, 11) is 0. The molecule has 28 heavy (non-hydrogen) atoms. The van der Waals surface area contributed by atoms with E-state index >= 15 is 0 Å². The summed E-state index contributed by atoms with van der Waals surface area (Å²) >= 11 is 0. The van der Waals surface area contributed by atoms with Crippen molar-refractivity contribution < 1.29 is 15.1 Å². The molecular weight excluding hydrogens is 354 g/mol. The lowest BCUT2D eigenvalue weighted by Crippen LogP contribution is -2.17. The Labute approximate surface area is 166 Å². The SMILES string of the molecule is CC(C)(C)c1cc(/C=C/C(O)=C2C=CC(=[N+]([O-])[O-])C=C2)cc(C(C)(C)C)c1O. The third-order valence-corrected chi connectivity index (χ3v) is 4.56. The van der Waals surface area contributed by atoms with Gasteiger partial charge >= 0.3 is 0 Å². The molecule has 0 saturated carbocycles. The van der Waals surface area contributed by atoms with Crippen molar-refractivity contribution in [1.29, 1.82) is 0 Å². The molecule has 2 rings (SSSR count). The van der Waals surface area contributed by atoms with Crippen LogP contribution in [0.4, 0.5) is 0 Å². The van der Waals surface area contributed by atoms with Gasteiger partial charge in [0.2, 0.25) is 5.71 Å². The first-order valence-corrected chi connectivity index (χ1v) is 9.17. The summed E-state index contributed by atoms with van der Waals surface area (Å²) in [5, 5.41) is 42.6. The lowest BCUT2D eigenvalue weighted by atomic mass is 9.78. The first-order valence-electron chi connectivity index (χ1n) is 9.17. The average molecular weight is 382 g/mol. The number of nitrogens with zero attached hydrogens (tertiary/aromatic N) is 1. The number of hydrogen-bond acceptors (Lipinski definition) is 4. The van der Waals surface area contributed by atoms with E-state index in [1.165, 1.54) is 24.3 Å². The van der Waals surface area contributed by atoms with Crippen molar-refractivity contribution >= 4 is 11.8 Å². The van der Waals surface area contributed by atoms with Gasteiger partial charge in [-0.2, -0.15) is 4.90 Å². The maximum Gasteiger partial charge on any atom is 0.222 e. The van der Waals surface area contributed by atoms with Crippen molar-refractivity contribution in [3.63, 3.8) is 0 Å². The number of rotatable bonds is 2. The Morgan fingerprint density at radius 1 is 0.893 bits per heavy atom. The van der Waals surface area contributed by atoms with E-state index in [0.717, 1.165) is 16.7 Å². The highest BCUT2D eigenvalue weighted by Gasteiger charge is 2.26. The van der Waals surface area contributed by atoms with Crippen molar-refractivity contribution in [2.45, 2.75) is 52.4 Å². The molecule has 0 saturated heterocycles. The molecule has 0 amide bonds. The van der Waals surface area contributed by atoms with E-state index in [2.05, 4.69) is 0 Å². The molecule has 0 spiro atoms. The van der Waals surface area contributed by atoms with E-state index in [-0.39, 0.29) is 22.3 Å². The Kier molecular flexibility index (Phi) is 5.78. The predicted molar refractivity (Wildman–Crippen MR) is 114 cm³/mol. The highest BCUT2D eigenvalue weighted by Crippen LogP contribution is 2.40. The summed E-state index contributed by atoms with van der Waals surface area (Å²) in [5.41, 5.74) is 2.54. The van der Waals surface area contributed by atoms with E-state index < -0.39 is 4.90 Å². The van der Waals surface area contributed by atoms with E-state index in [1.54, 1.807) is 12.2 Å². The second kappa shape index (κ2) is 7.58. The van der Waals surface area contributed by atoms with Crippen LogP contribution in [0.1, 0.15) is 58.2 Å². The van der Waals surface area contributed by atoms with Gasteiger partial charge in [-0.3, -0.25) is 0 Å². The third kappa shape index (κ3) is 4.85. The fourth-order valence-corrected chi connectivity index (χ4v) is 2.92. The molecule has 0 aliphatic heterocycles. The van der Waals surface area contributed by atoms with Gasteiger partial charge in [0.1, 0.15) is 11.5 Å². The minimum Gasteiger partial charge on any atom is -0.612 e. The van der Waals surface area contributed by atoms with Gasteiger partial charge in [-0.05, 0) is 46.8 Å². The number of hydrogen-bond donors (Lipinski definition) is 2. The smallest absolute Gasteiger partial charge is 0.222 e. The lowest BCUT2D eigenvalue weighted by molar-refractivity contribution is -0.377. The zero-order valence-corrected chi connectivity index (χ0v) is 17.3. The van der Waals surface area contributed by atoms with Crippen LogP contribution in [0.5, 0.6) is 5.75 Å². The van der Waals surface area contributed by atoms with Gasteiger partial charge in [0, 0.05) is 28.9 Å². The molecule has 5 heteroatoms. The molecule has 1 aromatic carbocycles. The molecule has 0 fully saturated rings. The monoisotopic (exact) mass is 382 g/mol. The minimum absolute atomic E-state index is 0.0117. The highest BCUT2D eigenvalue weighted by atomic mass is 16.8. The van der Waals surface area contributed by atoms with Crippen LogP contribution in [0, 0.1) is 10.4 Å². The van der Waals surface area contributed by atoms with Crippen LogP contribution in [-0.4, -0.2) is 20.8 Å². The minimum atomic E-state index is -0.477. The van der Waals surface area contributed by atoms with Crippen molar-refractivity contribution in [2.75, 3.05) is 0 Å². The first-order chi connectivity index (χ1) is 12.8. The Balaban J connectivity index is 2.46. The number of phenolic OH excluding ortho intramolecular Hbond substituents is 1. The molecule has 0 bridgehead atoms. The molecule has 0 heterocycles. The molecule has 2 N–H and O–H groups in total. The normalized spacial score (nSPS) is 14.8. The van der Waals surface area contributed by atoms with E-state index in [1.807, 2.05) is 53.7 Å². The summed E-state index contributed by atoms with van der Waals surface area (Å²) in [6.07, 6.45) is 9.07. The summed E-state index contributed by atoms with van der Waals surface area (Å²) in [5.74, 6) is 0.318. The maximum atomic E-state index is 10.8. The molecule has 1 aromatic rings. The molecule has 0 atom stereocenters. The summed E-state index contributed by atoms with van der Waals surface area (Å²) < 4.78 is 0.